The van der Waals surface area contributed by atoms with Crippen LogP contribution in [0.4, 0.5) is 0 Å². The Bertz CT molecular complexity index is 442. The smallest absolute Gasteiger partial charge is 0.139 e. The number of rotatable bonds is 4. The van der Waals surface area contributed by atoms with Gasteiger partial charge in [-0.25, -0.2) is 0 Å². The summed E-state index contributed by atoms with van der Waals surface area (Å²) in [5.41, 5.74) is 7.01. The first-order chi connectivity index (χ1) is 8.27. The molecule has 1 aromatic carbocycles. The standard InChI is InChI=1S/C14H16N2O/c1-11(15)14(12-7-9-16-10-8-12)17-13-5-3-2-4-6-13/h2-11,14H,15H2,1H3. The molecule has 0 radical (unpaired) electrons. The molecule has 3 nitrogen and oxygen atoms in total. The van der Waals surface area contributed by atoms with Crippen LogP contribution in [0.2, 0.25) is 0 Å². The maximum absolute atomic E-state index is 5.97. The van der Waals surface area contributed by atoms with E-state index in [1.807, 2.05) is 49.4 Å². The van der Waals surface area contributed by atoms with Gasteiger partial charge in [0.1, 0.15) is 11.9 Å². The van der Waals surface area contributed by atoms with Crippen LogP contribution in [0, 0.1) is 0 Å². The van der Waals surface area contributed by atoms with Gasteiger partial charge in [0.2, 0.25) is 0 Å². The predicted octanol–water partition coefficient (Wildman–Crippen LogP) is 2.55. The Morgan fingerprint density at radius 1 is 1.06 bits per heavy atom. The first-order valence-corrected chi connectivity index (χ1v) is 5.64. The molecule has 2 atom stereocenters. The largest absolute Gasteiger partial charge is 0.484 e. The van der Waals surface area contributed by atoms with Gasteiger partial charge in [-0.05, 0) is 36.8 Å². The molecular weight excluding hydrogens is 212 g/mol. The molecule has 2 aromatic rings. The van der Waals surface area contributed by atoms with Crippen LogP contribution in [-0.4, -0.2) is 11.0 Å². The monoisotopic (exact) mass is 228 g/mol. The fourth-order valence-corrected chi connectivity index (χ4v) is 1.68. The van der Waals surface area contributed by atoms with Gasteiger partial charge >= 0.3 is 0 Å². The third kappa shape index (κ3) is 3.04. The molecule has 2 rings (SSSR count). The number of ether oxygens (including phenoxy) is 1. The summed E-state index contributed by atoms with van der Waals surface area (Å²) in [6.45, 7) is 1.94. The number of para-hydroxylation sites is 1. The molecule has 2 N–H and O–H groups in total. The van der Waals surface area contributed by atoms with Crippen molar-refractivity contribution in [3.05, 3.63) is 60.4 Å². The second-order valence-electron chi connectivity index (χ2n) is 3.99. The van der Waals surface area contributed by atoms with Crippen molar-refractivity contribution in [1.82, 2.24) is 4.98 Å². The predicted molar refractivity (Wildman–Crippen MR) is 67.7 cm³/mol. The Kier molecular flexibility index (Phi) is 3.73. The lowest BCUT2D eigenvalue weighted by Crippen LogP contribution is -2.29. The lowest BCUT2D eigenvalue weighted by atomic mass is 10.1. The first kappa shape index (κ1) is 11.6. The van der Waals surface area contributed by atoms with Crippen LogP contribution in [-0.2, 0) is 0 Å². The quantitative estimate of drug-likeness (QED) is 0.874. The van der Waals surface area contributed by atoms with E-state index in [-0.39, 0.29) is 12.1 Å². The van der Waals surface area contributed by atoms with Gasteiger partial charge in [0.25, 0.3) is 0 Å². The van der Waals surface area contributed by atoms with E-state index in [4.69, 9.17) is 10.5 Å². The van der Waals surface area contributed by atoms with Gasteiger partial charge in [-0.2, -0.15) is 0 Å². The van der Waals surface area contributed by atoms with Crippen LogP contribution in [0.25, 0.3) is 0 Å². The average Bonchev–Trinajstić information content (AvgIpc) is 2.38. The molecule has 1 aromatic heterocycles. The summed E-state index contributed by atoms with van der Waals surface area (Å²) >= 11 is 0. The zero-order valence-electron chi connectivity index (χ0n) is 9.78. The minimum Gasteiger partial charge on any atom is -0.484 e. The average molecular weight is 228 g/mol. The highest BCUT2D eigenvalue weighted by Gasteiger charge is 2.17. The van der Waals surface area contributed by atoms with E-state index in [9.17, 15) is 0 Å². The summed E-state index contributed by atoms with van der Waals surface area (Å²) in [6.07, 6.45) is 3.35. The summed E-state index contributed by atoms with van der Waals surface area (Å²) in [5, 5.41) is 0. The Balaban J connectivity index is 2.20. The van der Waals surface area contributed by atoms with Crippen molar-refractivity contribution in [2.75, 3.05) is 0 Å². The lowest BCUT2D eigenvalue weighted by Gasteiger charge is -2.22. The Labute approximate surface area is 101 Å². The zero-order chi connectivity index (χ0) is 12.1. The SMILES string of the molecule is CC(N)C(Oc1ccccc1)c1ccncc1. The van der Waals surface area contributed by atoms with Gasteiger partial charge in [-0.3, -0.25) is 4.98 Å². The third-order valence-corrected chi connectivity index (χ3v) is 2.52. The highest BCUT2D eigenvalue weighted by Crippen LogP contribution is 2.23. The minimum atomic E-state index is -0.152. The molecule has 0 bridgehead atoms. The van der Waals surface area contributed by atoms with Gasteiger partial charge in [-0.1, -0.05) is 18.2 Å². The van der Waals surface area contributed by atoms with Crippen LogP contribution in [0.5, 0.6) is 5.75 Å². The van der Waals surface area contributed by atoms with Crippen molar-refractivity contribution < 1.29 is 4.74 Å². The molecule has 1 heterocycles. The number of nitrogens with zero attached hydrogens (tertiary/aromatic N) is 1. The van der Waals surface area contributed by atoms with E-state index in [0.717, 1.165) is 11.3 Å². The van der Waals surface area contributed by atoms with Gasteiger partial charge < -0.3 is 10.5 Å². The van der Waals surface area contributed by atoms with E-state index in [0.29, 0.717) is 0 Å². The fraction of sp³-hybridized carbons (Fsp3) is 0.214. The summed E-state index contributed by atoms with van der Waals surface area (Å²) in [6, 6.07) is 13.5. The Hall–Kier alpha value is -1.87. The molecule has 0 saturated carbocycles. The molecule has 2 unspecified atom stereocenters. The summed E-state index contributed by atoms with van der Waals surface area (Å²) in [5.74, 6) is 0.826. The number of aromatic nitrogens is 1. The van der Waals surface area contributed by atoms with E-state index >= 15 is 0 Å². The number of pyridine rings is 1. The molecule has 0 aliphatic carbocycles. The van der Waals surface area contributed by atoms with Crippen molar-refractivity contribution in [3.8, 4) is 5.75 Å². The number of nitrogens with two attached hydrogens (primary N) is 1. The molecule has 0 amide bonds. The van der Waals surface area contributed by atoms with Crippen LogP contribution >= 0.6 is 0 Å². The van der Waals surface area contributed by atoms with Crippen molar-refractivity contribution >= 4 is 0 Å². The number of hydrogen-bond donors (Lipinski definition) is 1. The van der Waals surface area contributed by atoms with Crippen molar-refractivity contribution in [2.45, 2.75) is 19.1 Å². The van der Waals surface area contributed by atoms with Crippen LogP contribution in [0.15, 0.2) is 54.9 Å². The molecule has 0 aliphatic rings. The molecular formula is C14H16N2O. The maximum Gasteiger partial charge on any atom is 0.139 e. The van der Waals surface area contributed by atoms with Gasteiger partial charge in [0.15, 0.2) is 0 Å². The topological polar surface area (TPSA) is 48.1 Å². The van der Waals surface area contributed by atoms with Gasteiger partial charge in [-0.15, -0.1) is 0 Å². The van der Waals surface area contributed by atoms with E-state index in [1.165, 1.54) is 0 Å². The fourth-order valence-electron chi connectivity index (χ4n) is 1.68. The highest BCUT2D eigenvalue weighted by molar-refractivity contribution is 5.24. The molecule has 0 aliphatic heterocycles. The van der Waals surface area contributed by atoms with Crippen LogP contribution in [0.3, 0.4) is 0 Å². The molecule has 17 heavy (non-hydrogen) atoms. The van der Waals surface area contributed by atoms with Crippen molar-refractivity contribution in [1.29, 1.82) is 0 Å². The van der Waals surface area contributed by atoms with Crippen molar-refractivity contribution in [3.63, 3.8) is 0 Å². The van der Waals surface area contributed by atoms with Crippen molar-refractivity contribution in [2.24, 2.45) is 5.73 Å². The van der Waals surface area contributed by atoms with Crippen LogP contribution in [0.1, 0.15) is 18.6 Å². The second kappa shape index (κ2) is 5.46. The Morgan fingerprint density at radius 2 is 1.71 bits per heavy atom. The zero-order valence-corrected chi connectivity index (χ0v) is 9.78. The van der Waals surface area contributed by atoms with Gasteiger partial charge in [0, 0.05) is 18.4 Å². The van der Waals surface area contributed by atoms with E-state index in [2.05, 4.69) is 4.98 Å². The number of hydrogen-bond acceptors (Lipinski definition) is 3. The molecule has 0 saturated heterocycles. The van der Waals surface area contributed by atoms with Crippen LogP contribution < -0.4 is 10.5 Å². The molecule has 88 valence electrons. The number of benzene rings is 1. The molecule has 0 spiro atoms. The van der Waals surface area contributed by atoms with E-state index < -0.39 is 0 Å². The summed E-state index contributed by atoms with van der Waals surface area (Å²) in [4.78, 5) is 4.00. The van der Waals surface area contributed by atoms with Gasteiger partial charge in [0.05, 0.1) is 0 Å². The normalized spacial score (nSPS) is 14.0. The summed E-state index contributed by atoms with van der Waals surface area (Å²) in [7, 11) is 0. The first-order valence-electron chi connectivity index (χ1n) is 5.64. The lowest BCUT2D eigenvalue weighted by molar-refractivity contribution is 0.180. The highest BCUT2D eigenvalue weighted by atomic mass is 16.5. The minimum absolute atomic E-state index is 0.0855. The van der Waals surface area contributed by atoms with E-state index in [1.54, 1.807) is 12.4 Å². The molecule has 3 heteroatoms. The molecule has 0 fully saturated rings. The second-order valence-corrected chi connectivity index (χ2v) is 3.99. The summed E-state index contributed by atoms with van der Waals surface area (Å²) < 4.78 is 5.91. The third-order valence-electron chi connectivity index (χ3n) is 2.52. The Morgan fingerprint density at radius 3 is 2.29 bits per heavy atom. The maximum atomic E-state index is 5.97.